The Labute approximate surface area is 128 Å². The normalized spacial score (nSPS) is 19.8. The van der Waals surface area contributed by atoms with Gasteiger partial charge in [-0.05, 0) is 31.6 Å². The summed E-state index contributed by atoms with van der Waals surface area (Å²) in [5.74, 6) is 1.37. The molecule has 116 valence electrons. The molecular weight excluding hydrogens is 288 g/mol. The molecule has 0 amide bonds. The number of carbonyl (C=O) groups is 1. The summed E-state index contributed by atoms with van der Waals surface area (Å²) < 4.78 is 5.46. The lowest BCUT2D eigenvalue weighted by atomic mass is 9.98. The van der Waals surface area contributed by atoms with Gasteiger partial charge in [-0.1, -0.05) is 0 Å². The van der Waals surface area contributed by atoms with Gasteiger partial charge in [0.25, 0.3) is 0 Å². The van der Waals surface area contributed by atoms with Gasteiger partial charge in [-0.25, -0.2) is 0 Å². The lowest BCUT2D eigenvalue weighted by Gasteiger charge is -2.32. The van der Waals surface area contributed by atoms with Crippen molar-refractivity contribution in [1.82, 2.24) is 0 Å². The van der Waals surface area contributed by atoms with Gasteiger partial charge in [0.1, 0.15) is 5.00 Å². The summed E-state index contributed by atoms with van der Waals surface area (Å²) in [5, 5.41) is 10.2. The van der Waals surface area contributed by atoms with E-state index < -0.39 is 0 Å². The Hall–Kier alpha value is -1.27. The van der Waals surface area contributed by atoms with Crippen molar-refractivity contribution in [2.45, 2.75) is 25.7 Å². The molecule has 1 aromatic heterocycles. The van der Waals surface area contributed by atoms with E-state index >= 15 is 0 Å². The fourth-order valence-corrected chi connectivity index (χ4v) is 4.12. The molecule has 21 heavy (non-hydrogen) atoms. The van der Waals surface area contributed by atoms with Crippen LogP contribution in [0.2, 0.25) is 0 Å². The molecule has 0 radical (unpaired) electrons. The van der Waals surface area contributed by atoms with E-state index in [1.807, 2.05) is 0 Å². The van der Waals surface area contributed by atoms with Gasteiger partial charge in [0.2, 0.25) is 0 Å². The van der Waals surface area contributed by atoms with Crippen LogP contribution in [-0.4, -0.2) is 37.7 Å². The number of nitrogens with two attached hydrogens (primary N) is 1. The summed E-state index contributed by atoms with van der Waals surface area (Å²) in [5.41, 5.74) is 6.64. The van der Waals surface area contributed by atoms with Crippen molar-refractivity contribution >= 4 is 27.8 Å². The van der Waals surface area contributed by atoms with E-state index in [-0.39, 0.29) is 18.3 Å². The minimum Gasteiger partial charge on any atom is -0.492 e. The molecule has 0 unspecified atom stereocenters. The van der Waals surface area contributed by atoms with E-state index in [1.54, 1.807) is 7.11 Å². The first kappa shape index (κ1) is 14.7. The van der Waals surface area contributed by atoms with Crippen molar-refractivity contribution in [3.8, 4) is 5.75 Å². The lowest BCUT2D eigenvalue weighted by molar-refractivity contribution is 0.0972. The number of carbonyl (C=O) groups excluding carboxylic acids is 1. The number of anilines is 2. The highest BCUT2D eigenvalue weighted by Gasteiger charge is 2.35. The average molecular weight is 310 g/mol. The molecule has 0 atom stereocenters. The Morgan fingerprint density at radius 3 is 2.57 bits per heavy atom. The quantitative estimate of drug-likeness (QED) is 0.815. The summed E-state index contributed by atoms with van der Waals surface area (Å²) in [6.45, 7) is 2.00. The minimum atomic E-state index is 0.170. The van der Waals surface area contributed by atoms with Crippen LogP contribution in [-0.2, 0) is 0 Å². The third kappa shape index (κ3) is 2.74. The van der Waals surface area contributed by atoms with Crippen molar-refractivity contribution in [2.24, 2.45) is 11.8 Å². The molecule has 2 fully saturated rings. The molecule has 1 aliphatic carbocycles. The van der Waals surface area contributed by atoms with Gasteiger partial charge in [-0.3, -0.25) is 4.79 Å². The zero-order valence-electron chi connectivity index (χ0n) is 12.3. The molecule has 6 heteroatoms. The molecule has 3 N–H and O–H groups in total. The summed E-state index contributed by atoms with van der Waals surface area (Å²) in [6.07, 6.45) is 3.89. The highest BCUT2D eigenvalue weighted by Crippen LogP contribution is 2.48. The second kappa shape index (κ2) is 5.85. The van der Waals surface area contributed by atoms with Gasteiger partial charge < -0.3 is 20.5 Å². The third-order valence-electron chi connectivity index (χ3n) is 4.42. The summed E-state index contributed by atoms with van der Waals surface area (Å²) in [7, 11) is 1.60. The number of piperidine rings is 1. The number of hydrogen-bond donors (Lipinski definition) is 2. The van der Waals surface area contributed by atoms with Crippen molar-refractivity contribution < 1.29 is 14.6 Å². The second-order valence-corrected chi connectivity index (χ2v) is 6.93. The lowest BCUT2D eigenvalue weighted by Crippen LogP contribution is -2.34. The number of nitrogen functional groups attached to an aromatic ring is 1. The molecule has 1 saturated carbocycles. The smallest absolute Gasteiger partial charge is 0.178 e. The molecule has 5 nitrogen and oxygen atoms in total. The maximum absolute atomic E-state index is 12.3. The number of thiophene rings is 1. The zero-order valence-corrected chi connectivity index (χ0v) is 13.1. The number of rotatable bonds is 5. The number of ketones is 1. The highest BCUT2D eigenvalue weighted by molar-refractivity contribution is 7.19. The number of Topliss-reactive ketones (excluding diaryl/α,β-unsaturated/α-hetero) is 1. The van der Waals surface area contributed by atoms with Crippen molar-refractivity contribution in [3.05, 3.63) is 4.88 Å². The number of nitrogens with zero attached hydrogens (tertiary/aromatic N) is 1. The summed E-state index contributed by atoms with van der Waals surface area (Å²) >= 11 is 1.47. The van der Waals surface area contributed by atoms with E-state index in [2.05, 4.69) is 4.90 Å². The summed E-state index contributed by atoms with van der Waals surface area (Å²) in [6, 6.07) is 0. The molecule has 3 rings (SSSR count). The molecular formula is C15H22N2O3S. The molecule has 1 saturated heterocycles. The maximum atomic E-state index is 12.3. The van der Waals surface area contributed by atoms with Gasteiger partial charge in [0, 0.05) is 25.6 Å². The van der Waals surface area contributed by atoms with Crippen LogP contribution in [0, 0.1) is 11.8 Å². The van der Waals surface area contributed by atoms with E-state index in [0.717, 1.165) is 43.8 Å². The van der Waals surface area contributed by atoms with E-state index in [1.165, 1.54) is 11.3 Å². The Kier molecular flexibility index (Phi) is 4.08. The van der Waals surface area contributed by atoms with Crippen LogP contribution in [0.15, 0.2) is 0 Å². The minimum absolute atomic E-state index is 0.170. The van der Waals surface area contributed by atoms with E-state index in [9.17, 15) is 9.90 Å². The van der Waals surface area contributed by atoms with Gasteiger partial charge >= 0.3 is 0 Å². The monoisotopic (exact) mass is 310 g/mol. The molecule has 0 aromatic carbocycles. The molecule has 2 heterocycles. The second-order valence-electron chi connectivity index (χ2n) is 5.93. The standard InChI is InChI=1S/C15H22N2O3S/c1-20-13-11(16)14(12(19)10-2-3-10)21-15(13)17-6-4-9(8-18)5-7-17/h9-10,18H,2-8,16H2,1H3. The largest absolute Gasteiger partial charge is 0.492 e. The number of ether oxygens (including phenoxy) is 1. The maximum Gasteiger partial charge on any atom is 0.178 e. The van der Waals surface area contributed by atoms with Crippen molar-refractivity contribution in [1.29, 1.82) is 0 Å². The van der Waals surface area contributed by atoms with Crippen LogP contribution in [0.25, 0.3) is 0 Å². The van der Waals surface area contributed by atoms with Crippen LogP contribution in [0.4, 0.5) is 10.7 Å². The first-order valence-corrected chi connectivity index (χ1v) is 8.33. The highest BCUT2D eigenvalue weighted by atomic mass is 32.1. The van der Waals surface area contributed by atoms with Gasteiger partial charge in [0.05, 0.1) is 17.7 Å². The molecule has 0 bridgehead atoms. The molecule has 2 aliphatic rings. The molecule has 1 aliphatic heterocycles. The predicted molar refractivity (Wildman–Crippen MR) is 84.4 cm³/mol. The number of methoxy groups -OCH3 is 1. The predicted octanol–water partition coefficient (Wildman–Crippen LogP) is 2.14. The van der Waals surface area contributed by atoms with Gasteiger partial charge in [-0.15, -0.1) is 11.3 Å². The summed E-state index contributed by atoms with van der Waals surface area (Å²) in [4.78, 5) is 15.2. The number of aliphatic hydroxyl groups is 1. The SMILES string of the molecule is COc1c(N2CCC(CO)CC2)sc(C(=O)C2CC2)c1N. The average Bonchev–Trinajstić information content (AvgIpc) is 3.30. The third-order valence-corrected chi connectivity index (χ3v) is 5.68. The van der Waals surface area contributed by atoms with Crippen LogP contribution >= 0.6 is 11.3 Å². The Balaban J connectivity index is 1.84. The Morgan fingerprint density at radius 1 is 1.38 bits per heavy atom. The van der Waals surface area contributed by atoms with Crippen LogP contribution in [0.5, 0.6) is 5.75 Å². The fraction of sp³-hybridized carbons (Fsp3) is 0.667. The van der Waals surface area contributed by atoms with Crippen molar-refractivity contribution in [3.63, 3.8) is 0 Å². The molecule has 1 aromatic rings. The first-order valence-electron chi connectivity index (χ1n) is 7.52. The number of aliphatic hydroxyl groups excluding tert-OH is 1. The number of hydrogen-bond acceptors (Lipinski definition) is 6. The first-order chi connectivity index (χ1) is 10.2. The van der Waals surface area contributed by atoms with Crippen LogP contribution in [0.1, 0.15) is 35.4 Å². The van der Waals surface area contributed by atoms with E-state index in [0.29, 0.717) is 22.2 Å². The molecule has 0 spiro atoms. The van der Waals surface area contributed by atoms with Gasteiger partial charge in [0.15, 0.2) is 11.5 Å². The fourth-order valence-electron chi connectivity index (χ4n) is 2.85. The van der Waals surface area contributed by atoms with Crippen LogP contribution in [0.3, 0.4) is 0 Å². The Morgan fingerprint density at radius 2 is 2.05 bits per heavy atom. The van der Waals surface area contributed by atoms with Crippen molar-refractivity contribution in [2.75, 3.05) is 37.4 Å². The van der Waals surface area contributed by atoms with Gasteiger partial charge in [-0.2, -0.15) is 0 Å². The van der Waals surface area contributed by atoms with Crippen LogP contribution < -0.4 is 15.4 Å². The zero-order chi connectivity index (χ0) is 15.0. The van der Waals surface area contributed by atoms with E-state index in [4.69, 9.17) is 10.5 Å². The Bertz CT molecular complexity index is 531. The topological polar surface area (TPSA) is 75.8 Å².